The molecule has 1 N–H and O–H groups in total. The van der Waals surface area contributed by atoms with E-state index in [0.29, 0.717) is 12.0 Å². The summed E-state index contributed by atoms with van der Waals surface area (Å²) < 4.78 is 1.93. The van der Waals surface area contributed by atoms with E-state index in [4.69, 9.17) is 0 Å². The average Bonchev–Trinajstić information content (AvgIpc) is 2.58. The number of hydrogen-bond donors (Lipinski definition) is 1. The molecule has 4 heteroatoms. The number of aryl methyl sites for hydroxylation is 2. The molecule has 0 bridgehead atoms. The van der Waals surface area contributed by atoms with Crippen molar-refractivity contribution in [2.75, 3.05) is 27.2 Å². The number of piperidine rings is 1. The van der Waals surface area contributed by atoms with Crippen LogP contribution in [0.4, 0.5) is 0 Å². The number of rotatable bonds is 3. The molecule has 0 amide bonds. The van der Waals surface area contributed by atoms with Crippen LogP contribution in [-0.4, -0.2) is 41.9 Å². The molecular weight excluding hydrogens is 212 g/mol. The van der Waals surface area contributed by atoms with E-state index in [9.17, 15) is 0 Å². The normalized spacial score (nSPS) is 26.4. The Morgan fingerprint density at radius 2 is 2.24 bits per heavy atom. The molecule has 0 spiro atoms. The van der Waals surface area contributed by atoms with E-state index >= 15 is 0 Å². The molecule has 4 nitrogen and oxygen atoms in total. The molecule has 1 aliphatic rings. The second kappa shape index (κ2) is 5.19. The minimum atomic E-state index is 0.518. The first kappa shape index (κ1) is 12.6. The van der Waals surface area contributed by atoms with Gasteiger partial charge in [-0.2, -0.15) is 5.10 Å². The summed E-state index contributed by atoms with van der Waals surface area (Å²) in [7, 11) is 6.28. The smallest absolute Gasteiger partial charge is 0.0641 e. The summed E-state index contributed by atoms with van der Waals surface area (Å²) in [6, 6.07) is 0.518. The first-order chi connectivity index (χ1) is 8.13. The van der Waals surface area contributed by atoms with Crippen LogP contribution in [-0.2, 0) is 7.05 Å². The quantitative estimate of drug-likeness (QED) is 0.859. The van der Waals surface area contributed by atoms with Gasteiger partial charge in [0.2, 0.25) is 0 Å². The van der Waals surface area contributed by atoms with Crippen LogP contribution in [0.2, 0.25) is 0 Å². The molecule has 1 fully saturated rings. The second-order valence-electron chi connectivity index (χ2n) is 5.23. The standard InChI is InChI=1S/C13H24N4/c1-10-12(9-17(4)15-10)13-11(8-14-2)6-5-7-16(13)3/h9,11,13-14H,5-8H2,1-4H3. The molecule has 2 heterocycles. The van der Waals surface area contributed by atoms with Gasteiger partial charge < -0.3 is 5.32 Å². The molecule has 2 rings (SSSR count). The van der Waals surface area contributed by atoms with Crippen LogP contribution in [0.5, 0.6) is 0 Å². The first-order valence-electron chi connectivity index (χ1n) is 6.48. The zero-order valence-corrected chi connectivity index (χ0v) is 11.4. The van der Waals surface area contributed by atoms with Crippen LogP contribution in [0, 0.1) is 12.8 Å². The highest BCUT2D eigenvalue weighted by atomic mass is 15.3. The van der Waals surface area contributed by atoms with E-state index < -0.39 is 0 Å². The maximum atomic E-state index is 4.48. The predicted molar refractivity (Wildman–Crippen MR) is 70.0 cm³/mol. The number of nitrogens with zero attached hydrogens (tertiary/aromatic N) is 3. The fraction of sp³-hybridized carbons (Fsp3) is 0.769. The molecule has 1 saturated heterocycles. The molecule has 2 atom stereocenters. The van der Waals surface area contributed by atoms with Gasteiger partial charge in [0.25, 0.3) is 0 Å². The molecule has 0 aromatic carbocycles. The van der Waals surface area contributed by atoms with E-state index in [1.165, 1.54) is 30.6 Å². The van der Waals surface area contributed by atoms with Crippen molar-refractivity contribution in [1.82, 2.24) is 20.0 Å². The van der Waals surface area contributed by atoms with Crippen molar-refractivity contribution in [1.29, 1.82) is 0 Å². The summed E-state index contributed by atoms with van der Waals surface area (Å²) in [5.74, 6) is 0.696. The molecule has 96 valence electrons. The summed E-state index contributed by atoms with van der Waals surface area (Å²) in [6.07, 6.45) is 4.80. The van der Waals surface area contributed by atoms with Crippen molar-refractivity contribution in [2.24, 2.45) is 13.0 Å². The Labute approximate surface area is 104 Å². The lowest BCUT2D eigenvalue weighted by atomic mass is 9.85. The Bertz CT molecular complexity index is 369. The van der Waals surface area contributed by atoms with Crippen molar-refractivity contribution in [3.63, 3.8) is 0 Å². The van der Waals surface area contributed by atoms with E-state index in [1.54, 1.807) is 0 Å². The Kier molecular flexibility index (Phi) is 3.84. The summed E-state index contributed by atoms with van der Waals surface area (Å²) in [4.78, 5) is 2.48. The third-order valence-corrected chi connectivity index (χ3v) is 3.84. The molecule has 17 heavy (non-hydrogen) atoms. The van der Waals surface area contributed by atoms with Gasteiger partial charge in [0, 0.05) is 24.8 Å². The van der Waals surface area contributed by atoms with E-state index in [1.807, 2.05) is 18.8 Å². The molecule has 1 aliphatic heterocycles. The number of hydrogen-bond acceptors (Lipinski definition) is 3. The van der Waals surface area contributed by atoms with E-state index in [-0.39, 0.29) is 0 Å². The summed E-state index contributed by atoms with van der Waals surface area (Å²) in [6.45, 7) is 4.40. The maximum absolute atomic E-state index is 4.48. The molecule has 1 aromatic heterocycles. The fourth-order valence-corrected chi connectivity index (χ4v) is 3.14. The van der Waals surface area contributed by atoms with Gasteiger partial charge in [-0.1, -0.05) is 0 Å². The average molecular weight is 236 g/mol. The summed E-state index contributed by atoms with van der Waals surface area (Å²) in [5, 5.41) is 7.81. The van der Waals surface area contributed by atoms with Crippen molar-refractivity contribution >= 4 is 0 Å². The van der Waals surface area contributed by atoms with Gasteiger partial charge in [-0.05, 0) is 52.9 Å². The van der Waals surface area contributed by atoms with Crippen LogP contribution in [0.1, 0.15) is 30.1 Å². The minimum absolute atomic E-state index is 0.518. The molecule has 0 saturated carbocycles. The van der Waals surface area contributed by atoms with E-state index in [0.717, 1.165) is 6.54 Å². The zero-order valence-electron chi connectivity index (χ0n) is 11.4. The zero-order chi connectivity index (χ0) is 12.4. The Balaban J connectivity index is 2.27. The lowest BCUT2D eigenvalue weighted by Gasteiger charge is -2.39. The lowest BCUT2D eigenvalue weighted by molar-refractivity contribution is 0.120. The number of nitrogens with one attached hydrogen (secondary N) is 1. The molecular formula is C13H24N4. The first-order valence-corrected chi connectivity index (χ1v) is 6.48. The second-order valence-corrected chi connectivity index (χ2v) is 5.23. The molecule has 1 aromatic rings. The van der Waals surface area contributed by atoms with Gasteiger partial charge in [-0.25, -0.2) is 0 Å². The van der Waals surface area contributed by atoms with Crippen molar-refractivity contribution in [2.45, 2.75) is 25.8 Å². The lowest BCUT2D eigenvalue weighted by Crippen LogP contribution is -2.40. The largest absolute Gasteiger partial charge is 0.319 e. The Morgan fingerprint density at radius 3 is 2.82 bits per heavy atom. The molecule has 0 radical (unpaired) electrons. The van der Waals surface area contributed by atoms with Crippen LogP contribution >= 0.6 is 0 Å². The van der Waals surface area contributed by atoms with Crippen LogP contribution < -0.4 is 5.32 Å². The van der Waals surface area contributed by atoms with Crippen molar-refractivity contribution in [3.8, 4) is 0 Å². The third-order valence-electron chi connectivity index (χ3n) is 3.84. The molecule has 2 unspecified atom stereocenters. The van der Waals surface area contributed by atoms with Gasteiger partial charge in [-0.15, -0.1) is 0 Å². The Hall–Kier alpha value is -0.870. The van der Waals surface area contributed by atoms with Gasteiger partial charge in [0.1, 0.15) is 0 Å². The maximum Gasteiger partial charge on any atom is 0.0641 e. The predicted octanol–water partition coefficient (Wildman–Crippen LogP) is 1.33. The highest BCUT2D eigenvalue weighted by molar-refractivity contribution is 5.21. The van der Waals surface area contributed by atoms with Gasteiger partial charge in [0.05, 0.1) is 5.69 Å². The number of aromatic nitrogens is 2. The summed E-state index contributed by atoms with van der Waals surface area (Å²) in [5.41, 5.74) is 2.57. The van der Waals surface area contributed by atoms with Crippen LogP contribution in [0.3, 0.4) is 0 Å². The number of likely N-dealkylation sites (tertiary alicyclic amines) is 1. The topological polar surface area (TPSA) is 33.1 Å². The van der Waals surface area contributed by atoms with Gasteiger partial charge >= 0.3 is 0 Å². The Morgan fingerprint density at radius 1 is 1.47 bits per heavy atom. The van der Waals surface area contributed by atoms with Crippen LogP contribution in [0.25, 0.3) is 0 Å². The van der Waals surface area contributed by atoms with E-state index in [2.05, 4.69) is 35.5 Å². The highest BCUT2D eigenvalue weighted by Gasteiger charge is 2.31. The fourth-order valence-electron chi connectivity index (χ4n) is 3.14. The SMILES string of the molecule is CNCC1CCCN(C)C1c1cn(C)nc1C. The van der Waals surface area contributed by atoms with Crippen LogP contribution in [0.15, 0.2) is 6.20 Å². The van der Waals surface area contributed by atoms with Crippen molar-refractivity contribution < 1.29 is 0 Å². The third kappa shape index (κ3) is 2.53. The monoisotopic (exact) mass is 236 g/mol. The highest BCUT2D eigenvalue weighted by Crippen LogP contribution is 2.35. The van der Waals surface area contributed by atoms with Crippen molar-refractivity contribution in [3.05, 3.63) is 17.5 Å². The minimum Gasteiger partial charge on any atom is -0.319 e. The molecule has 0 aliphatic carbocycles. The summed E-state index contributed by atoms with van der Waals surface area (Å²) >= 11 is 0. The van der Waals surface area contributed by atoms with Gasteiger partial charge in [0.15, 0.2) is 0 Å². The van der Waals surface area contributed by atoms with Gasteiger partial charge in [-0.3, -0.25) is 9.58 Å².